The Balaban J connectivity index is 1.14. The lowest BCUT2D eigenvalue weighted by Crippen LogP contribution is -2.23. The summed E-state index contributed by atoms with van der Waals surface area (Å²) in [7, 11) is -3.76. The van der Waals surface area contributed by atoms with Gasteiger partial charge in [0.2, 0.25) is 0 Å². The molecule has 0 aliphatic carbocycles. The van der Waals surface area contributed by atoms with E-state index >= 15 is 0 Å². The Hall–Kier alpha value is -3.80. The number of unbranched alkanes of at least 4 members (excludes halogenated alkanes) is 2. The average Bonchev–Trinajstić information content (AvgIpc) is 3.63. The van der Waals surface area contributed by atoms with E-state index in [4.69, 9.17) is 4.52 Å². The van der Waals surface area contributed by atoms with Crippen molar-refractivity contribution in [3.63, 3.8) is 0 Å². The zero-order valence-corrected chi connectivity index (χ0v) is 24.0. The van der Waals surface area contributed by atoms with Crippen molar-refractivity contribution in [2.45, 2.75) is 56.4 Å². The highest BCUT2D eigenvalue weighted by atomic mass is 32.2. The first-order valence-corrected chi connectivity index (χ1v) is 15.5. The van der Waals surface area contributed by atoms with Crippen LogP contribution < -0.4 is 14.9 Å². The molecule has 2 aromatic heterocycles. The fourth-order valence-corrected chi connectivity index (χ4v) is 5.96. The van der Waals surface area contributed by atoms with Gasteiger partial charge in [-0.2, -0.15) is 4.98 Å². The molecule has 1 atom stereocenters. The van der Waals surface area contributed by atoms with Crippen LogP contribution in [0.15, 0.2) is 76.4 Å². The molecular weight excluding hydrogens is 540 g/mol. The lowest BCUT2D eigenvalue weighted by molar-refractivity contribution is 0.174. The number of nitrogens with zero attached hydrogens (tertiary/aromatic N) is 4. The topological polar surface area (TPSA) is 133 Å². The molecule has 4 aromatic rings. The largest absolute Gasteiger partial charge is 0.387 e. The summed E-state index contributed by atoms with van der Waals surface area (Å²) in [6.45, 7) is 3.92. The SMILES string of the molecule is CCCCCc1noc(N2CCc3cc(S(=O)(=O)Nc4ccc(CCNCC(O)c5cccnc5)cc4)ccc32)n1. The molecule has 41 heavy (non-hydrogen) atoms. The summed E-state index contributed by atoms with van der Waals surface area (Å²) in [6.07, 6.45) is 8.23. The van der Waals surface area contributed by atoms with Crippen molar-refractivity contribution in [2.75, 3.05) is 29.3 Å². The van der Waals surface area contributed by atoms with Crippen LogP contribution in [0.3, 0.4) is 0 Å². The number of benzene rings is 2. The second-order valence-corrected chi connectivity index (χ2v) is 11.9. The van der Waals surface area contributed by atoms with Gasteiger partial charge in [-0.25, -0.2) is 8.42 Å². The van der Waals surface area contributed by atoms with Crippen LogP contribution >= 0.6 is 0 Å². The van der Waals surface area contributed by atoms with Crippen LogP contribution in [0.5, 0.6) is 0 Å². The molecule has 1 unspecified atom stereocenters. The smallest absolute Gasteiger partial charge is 0.328 e. The summed E-state index contributed by atoms with van der Waals surface area (Å²) in [4.78, 5) is 10.7. The molecule has 0 radical (unpaired) electrons. The van der Waals surface area contributed by atoms with E-state index in [2.05, 4.69) is 32.1 Å². The third-order valence-electron chi connectivity index (χ3n) is 7.15. The van der Waals surface area contributed by atoms with E-state index in [9.17, 15) is 13.5 Å². The van der Waals surface area contributed by atoms with Crippen molar-refractivity contribution in [2.24, 2.45) is 0 Å². The highest BCUT2D eigenvalue weighted by Gasteiger charge is 2.27. The normalized spacial score (nSPS) is 13.8. The number of aliphatic hydroxyl groups is 1. The number of aryl methyl sites for hydroxylation is 1. The molecular formula is C30H36N6O4S. The monoisotopic (exact) mass is 576 g/mol. The van der Waals surface area contributed by atoms with Crippen LogP contribution in [0, 0.1) is 0 Å². The molecule has 0 amide bonds. The lowest BCUT2D eigenvalue weighted by atomic mass is 10.1. The molecule has 0 fully saturated rings. The first-order chi connectivity index (χ1) is 19.9. The number of aromatic nitrogens is 3. The average molecular weight is 577 g/mol. The van der Waals surface area contributed by atoms with E-state index in [1.165, 1.54) is 0 Å². The standard InChI is InChI=1S/C30H36N6O4S/c1-2-3-4-7-29-33-30(40-34-29)36-18-15-23-19-26(12-13-27(23)36)41(38,39)35-25-10-8-22(9-11-25)14-17-32-21-28(37)24-6-5-16-31-20-24/h5-6,8-13,16,19-20,28,32,35,37H,2-4,7,14-15,17-18,21H2,1H3. The molecule has 11 heteroatoms. The molecule has 0 spiro atoms. The number of aliphatic hydroxyl groups excluding tert-OH is 1. The Morgan fingerprint density at radius 2 is 1.95 bits per heavy atom. The third-order valence-corrected chi connectivity index (χ3v) is 8.53. The summed E-state index contributed by atoms with van der Waals surface area (Å²) >= 11 is 0. The third kappa shape index (κ3) is 7.29. The first-order valence-electron chi connectivity index (χ1n) is 14.1. The van der Waals surface area contributed by atoms with Crippen molar-refractivity contribution in [1.29, 1.82) is 0 Å². The van der Waals surface area contributed by atoms with Crippen LogP contribution in [0.2, 0.25) is 0 Å². The van der Waals surface area contributed by atoms with Crippen LogP contribution in [0.25, 0.3) is 0 Å². The highest BCUT2D eigenvalue weighted by Crippen LogP contribution is 2.35. The minimum atomic E-state index is -3.76. The summed E-state index contributed by atoms with van der Waals surface area (Å²) in [5, 5.41) is 17.6. The maximum atomic E-state index is 13.2. The van der Waals surface area contributed by atoms with E-state index in [1.807, 2.05) is 23.1 Å². The van der Waals surface area contributed by atoms with Crippen molar-refractivity contribution >= 4 is 27.4 Å². The van der Waals surface area contributed by atoms with Crippen LogP contribution in [-0.2, 0) is 29.3 Å². The molecule has 0 saturated heterocycles. The number of hydrogen-bond acceptors (Lipinski definition) is 9. The number of nitrogens with one attached hydrogen (secondary N) is 2. The Morgan fingerprint density at radius 3 is 2.73 bits per heavy atom. The minimum Gasteiger partial charge on any atom is -0.387 e. The maximum absolute atomic E-state index is 13.2. The van der Waals surface area contributed by atoms with Crippen molar-refractivity contribution < 1.29 is 18.0 Å². The molecule has 3 N–H and O–H groups in total. The maximum Gasteiger partial charge on any atom is 0.328 e. The van der Waals surface area contributed by atoms with Crippen LogP contribution in [0.4, 0.5) is 17.4 Å². The highest BCUT2D eigenvalue weighted by molar-refractivity contribution is 7.92. The quantitative estimate of drug-likeness (QED) is 0.185. The lowest BCUT2D eigenvalue weighted by Gasteiger charge is -2.14. The number of fused-ring (bicyclic) bond motifs is 1. The van der Waals surface area contributed by atoms with E-state index in [0.29, 0.717) is 43.6 Å². The number of sulfonamides is 1. The molecule has 2 aromatic carbocycles. The summed E-state index contributed by atoms with van der Waals surface area (Å²) < 4.78 is 34.5. The van der Waals surface area contributed by atoms with Crippen LogP contribution in [-0.4, -0.2) is 48.3 Å². The Kier molecular flexibility index (Phi) is 9.28. The van der Waals surface area contributed by atoms with Crippen molar-refractivity contribution in [3.8, 4) is 0 Å². The molecule has 0 saturated carbocycles. The molecule has 5 rings (SSSR count). The number of anilines is 3. The van der Waals surface area contributed by atoms with Gasteiger partial charge in [-0.05, 0) is 73.3 Å². The van der Waals surface area contributed by atoms with Gasteiger partial charge in [-0.1, -0.05) is 43.1 Å². The van der Waals surface area contributed by atoms with Gasteiger partial charge in [0.1, 0.15) is 0 Å². The van der Waals surface area contributed by atoms with Crippen LogP contribution in [0.1, 0.15) is 54.8 Å². The minimum absolute atomic E-state index is 0.212. The van der Waals surface area contributed by atoms with Gasteiger partial charge in [0, 0.05) is 48.8 Å². The summed E-state index contributed by atoms with van der Waals surface area (Å²) in [5.74, 6) is 0.701. The first kappa shape index (κ1) is 28.7. The number of pyridine rings is 1. The predicted octanol–water partition coefficient (Wildman–Crippen LogP) is 4.56. The van der Waals surface area contributed by atoms with Crippen molar-refractivity contribution in [3.05, 3.63) is 89.5 Å². The fraction of sp³-hybridized carbons (Fsp3) is 0.367. The van der Waals surface area contributed by atoms with Gasteiger partial charge >= 0.3 is 6.01 Å². The van der Waals surface area contributed by atoms with Gasteiger partial charge in [0.15, 0.2) is 5.82 Å². The van der Waals surface area contributed by atoms with Crippen molar-refractivity contribution in [1.82, 2.24) is 20.4 Å². The Morgan fingerprint density at radius 1 is 1.10 bits per heavy atom. The van der Waals surface area contributed by atoms with E-state index in [0.717, 1.165) is 54.5 Å². The zero-order chi connectivity index (χ0) is 28.7. The van der Waals surface area contributed by atoms with E-state index in [1.54, 1.807) is 48.8 Å². The molecule has 216 valence electrons. The molecule has 1 aliphatic rings. The van der Waals surface area contributed by atoms with Gasteiger partial charge in [0.05, 0.1) is 11.0 Å². The molecule has 10 nitrogen and oxygen atoms in total. The van der Waals surface area contributed by atoms with E-state index < -0.39 is 16.1 Å². The van der Waals surface area contributed by atoms with E-state index in [-0.39, 0.29) is 4.90 Å². The number of rotatable bonds is 14. The summed E-state index contributed by atoms with van der Waals surface area (Å²) in [6, 6.07) is 16.6. The zero-order valence-electron chi connectivity index (χ0n) is 23.2. The molecule has 3 heterocycles. The van der Waals surface area contributed by atoms with Gasteiger partial charge in [-0.3, -0.25) is 14.6 Å². The van der Waals surface area contributed by atoms with Gasteiger partial charge < -0.3 is 14.9 Å². The second-order valence-electron chi connectivity index (χ2n) is 10.2. The second kappa shape index (κ2) is 13.2. The molecule has 1 aliphatic heterocycles. The van der Waals surface area contributed by atoms with Gasteiger partial charge in [-0.15, -0.1) is 0 Å². The Bertz CT molecular complexity index is 1530. The summed E-state index contributed by atoms with van der Waals surface area (Å²) in [5.41, 5.74) is 4.14. The Labute approximate surface area is 240 Å². The van der Waals surface area contributed by atoms with Gasteiger partial charge in [0.25, 0.3) is 10.0 Å². The fourth-order valence-electron chi connectivity index (χ4n) is 4.85. The predicted molar refractivity (Wildman–Crippen MR) is 158 cm³/mol. The molecule has 0 bridgehead atoms. The number of hydrogen-bond donors (Lipinski definition) is 3.